The molecule has 0 saturated heterocycles. The minimum absolute atomic E-state index is 0.195. The van der Waals surface area contributed by atoms with E-state index in [4.69, 9.17) is 27.9 Å². The lowest BCUT2D eigenvalue weighted by atomic mass is 10.2. The standard InChI is InChI=1S/C15H11BrCl2N2O2/c16-11-3-1-10(2-4-11)8-19-20-15(21)9-22-14-6-5-12(17)7-13(14)18/h1-8H,9H2,(H,20,21)/b19-8+. The molecule has 0 bridgehead atoms. The number of amides is 1. The van der Waals surface area contributed by atoms with Gasteiger partial charge in [0, 0.05) is 9.50 Å². The van der Waals surface area contributed by atoms with Crippen LogP contribution in [-0.2, 0) is 4.79 Å². The lowest BCUT2D eigenvalue weighted by Crippen LogP contribution is -2.24. The van der Waals surface area contributed by atoms with Gasteiger partial charge in [0.05, 0.1) is 11.2 Å². The van der Waals surface area contributed by atoms with E-state index in [2.05, 4.69) is 26.5 Å². The molecule has 0 aliphatic heterocycles. The van der Waals surface area contributed by atoms with Gasteiger partial charge < -0.3 is 4.74 Å². The number of hydrazone groups is 1. The van der Waals surface area contributed by atoms with Crippen LogP contribution in [0.5, 0.6) is 5.75 Å². The first-order chi connectivity index (χ1) is 10.5. The first-order valence-corrected chi connectivity index (χ1v) is 7.75. The molecule has 0 spiro atoms. The van der Waals surface area contributed by atoms with Gasteiger partial charge in [-0.1, -0.05) is 51.3 Å². The Kier molecular flexibility index (Phi) is 6.24. The van der Waals surface area contributed by atoms with Crippen molar-refractivity contribution in [1.29, 1.82) is 0 Å². The van der Waals surface area contributed by atoms with Crippen LogP contribution in [0.4, 0.5) is 0 Å². The Morgan fingerprint density at radius 1 is 1.23 bits per heavy atom. The predicted octanol–water partition coefficient (Wildman–Crippen LogP) is 4.29. The van der Waals surface area contributed by atoms with Crippen molar-refractivity contribution >= 4 is 51.3 Å². The summed E-state index contributed by atoms with van der Waals surface area (Å²) in [6.07, 6.45) is 1.54. The van der Waals surface area contributed by atoms with Crippen LogP contribution >= 0.6 is 39.1 Å². The van der Waals surface area contributed by atoms with Crippen LogP contribution in [0.15, 0.2) is 52.0 Å². The highest BCUT2D eigenvalue weighted by atomic mass is 79.9. The number of nitrogens with one attached hydrogen (secondary N) is 1. The molecule has 0 fully saturated rings. The maximum absolute atomic E-state index is 11.6. The summed E-state index contributed by atoms with van der Waals surface area (Å²) in [6, 6.07) is 12.3. The molecule has 4 nitrogen and oxygen atoms in total. The molecule has 2 aromatic rings. The average Bonchev–Trinajstić information content (AvgIpc) is 2.48. The number of rotatable bonds is 5. The summed E-state index contributed by atoms with van der Waals surface area (Å²) in [4.78, 5) is 11.6. The topological polar surface area (TPSA) is 50.7 Å². The van der Waals surface area contributed by atoms with Gasteiger partial charge in [-0.25, -0.2) is 5.43 Å². The number of nitrogens with zero attached hydrogens (tertiary/aromatic N) is 1. The maximum Gasteiger partial charge on any atom is 0.277 e. The minimum atomic E-state index is -0.389. The molecule has 0 radical (unpaired) electrons. The minimum Gasteiger partial charge on any atom is -0.482 e. The molecule has 0 aliphatic rings. The summed E-state index contributed by atoms with van der Waals surface area (Å²) >= 11 is 15.1. The zero-order valence-electron chi connectivity index (χ0n) is 11.2. The lowest BCUT2D eigenvalue weighted by Gasteiger charge is -2.06. The molecule has 1 amide bonds. The van der Waals surface area contributed by atoms with Crippen LogP contribution in [0.1, 0.15) is 5.56 Å². The molecular weight excluding hydrogens is 391 g/mol. The van der Waals surface area contributed by atoms with Crippen LogP contribution in [0.25, 0.3) is 0 Å². The van der Waals surface area contributed by atoms with Crippen molar-refractivity contribution in [2.24, 2.45) is 5.10 Å². The van der Waals surface area contributed by atoms with Crippen LogP contribution in [0.3, 0.4) is 0 Å². The number of halogens is 3. The number of ether oxygens (including phenoxy) is 1. The van der Waals surface area contributed by atoms with Crippen molar-refractivity contribution in [2.45, 2.75) is 0 Å². The van der Waals surface area contributed by atoms with E-state index in [1.807, 2.05) is 24.3 Å². The molecular formula is C15H11BrCl2N2O2. The fourth-order valence-corrected chi connectivity index (χ4v) is 2.22. The molecule has 0 atom stereocenters. The molecule has 0 unspecified atom stereocenters. The van der Waals surface area contributed by atoms with Gasteiger partial charge in [-0.2, -0.15) is 5.10 Å². The summed E-state index contributed by atoms with van der Waals surface area (Å²) in [5.41, 5.74) is 3.24. The van der Waals surface area contributed by atoms with E-state index >= 15 is 0 Å². The van der Waals surface area contributed by atoms with Crippen molar-refractivity contribution in [3.05, 3.63) is 62.5 Å². The molecule has 0 aliphatic carbocycles. The third-order valence-electron chi connectivity index (χ3n) is 2.53. The second kappa shape index (κ2) is 8.17. The SMILES string of the molecule is O=C(COc1ccc(Cl)cc1Cl)N/N=C/c1ccc(Br)cc1. The summed E-state index contributed by atoms with van der Waals surface area (Å²) < 4.78 is 6.26. The normalized spacial score (nSPS) is 10.7. The first-order valence-electron chi connectivity index (χ1n) is 6.20. The Bertz CT molecular complexity index is 690. The quantitative estimate of drug-likeness (QED) is 0.600. The predicted molar refractivity (Wildman–Crippen MR) is 91.8 cm³/mol. The molecule has 2 rings (SSSR count). The van der Waals surface area contributed by atoms with E-state index < -0.39 is 0 Å². The van der Waals surface area contributed by atoms with Gasteiger partial charge in [0.25, 0.3) is 5.91 Å². The van der Waals surface area contributed by atoms with E-state index in [1.54, 1.807) is 24.4 Å². The third kappa shape index (κ3) is 5.33. The largest absolute Gasteiger partial charge is 0.482 e. The number of benzene rings is 2. The Balaban J connectivity index is 1.81. The maximum atomic E-state index is 11.6. The summed E-state index contributed by atoms with van der Waals surface area (Å²) in [6.45, 7) is -0.195. The van der Waals surface area contributed by atoms with Crippen LogP contribution < -0.4 is 10.2 Å². The van der Waals surface area contributed by atoms with Crippen molar-refractivity contribution in [3.63, 3.8) is 0 Å². The van der Waals surface area contributed by atoms with Gasteiger partial charge in [-0.05, 0) is 35.9 Å². The van der Waals surface area contributed by atoms with Crippen molar-refractivity contribution < 1.29 is 9.53 Å². The van der Waals surface area contributed by atoms with Gasteiger partial charge in [-0.3, -0.25) is 4.79 Å². The highest BCUT2D eigenvalue weighted by Gasteiger charge is 2.05. The van der Waals surface area contributed by atoms with Crippen molar-refractivity contribution in [3.8, 4) is 5.75 Å². The van der Waals surface area contributed by atoms with Crippen LogP contribution in [-0.4, -0.2) is 18.7 Å². The number of hydrogen-bond acceptors (Lipinski definition) is 3. The molecule has 1 N–H and O–H groups in total. The number of hydrogen-bond donors (Lipinski definition) is 1. The fraction of sp³-hybridized carbons (Fsp3) is 0.0667. The van der Waals surface area contributed by atoms with Gasteiger partial charge in [-0.15, -0.1) is 0 Å². The van der Waals surface area contributed by atoms with E-state index in [0.29, 0.717) is 15.8 Å². The first kappa shape index (κ1) is 16.8. The lowest BCUT2D eigenvalue weighted by molar-refractivity contribution is -0.123. The Hall–Kier alpha value is -1.56. The number of carbonyl (C=O) groups is 1. The van der Waals surface area contributed by atoms with Crippen LogP contribution in [0, 0.1) is 0 Å². The van der Waals surface area contributed by atoms with E-state index in [1.165, 1.54) is 0 Å². The second-order valence-corrected chi connectivity index (χ2v) is 5.97. The van der Waals surface area contributed by atoms with E-state index in [9.17, 15) is 4.79 Å². The third-order valence-corrected chi connectivity index (χ3v) is 3.58. The molecule has 22 heavy (non-hydrogen) atoms. The zero-order valence-corrected chi connectivity index (χ0v) is 14.3. The average molecular weight is 402 g/mol. The van der Waals surface area contributed by atoms with Gasteiger partial charge in [0.2, 0.25) is 0 Å². The number of carbonyl (C=O) groups excluding carboxylic acids is 1. The highest BCUT2D eigenvalue weighted by molar-refractivity contribution is 9.10. The zero-order chi connectivity index (χ0) is 15.9. The highest BCUT2D eigenvalue weighted by Crippen LogP contribution is 2.27. The molecule has 7 heteroatoms. The van der Waals surface area contributed by atoms with Gasteiger partial charge in [0.15, 0.2) is 6.61 Å². The Morgan fingerprint density at radius 3 is 2.64 bits per heavy atom. The summed E-state index contributed by atoms with van der Waals surface area (Å²) in [7, 11) is 0. The van der Waals surface area contributed by atoms with Crippen molar-refractivity contribution in [1.82, 2.24) is 5.43 Å². The van der Waals surface area contributed by atoms with E-state index in [0.717, 1.165) is 10.0 Å². The van der Waals surface area contributed by atoms with Crippen molar-refractivity contribution in [2.75, 3.05) is 6.61 Å². The molecule has 0 aromatic heterocycles. The Morgan fingerprint density at radius 2 is 1.95 bits per heavy atom. The summed E-state index contributed by atoms with van der Waals surface area (Å²) in [5.74, 6) is -0.00233. The van der Waals surface area contributed by atoms with Crippen LogP contribution in [0.2, 0.25) is 10.0 Å². The smallest absolute Gasteiger partial charge is 0.277 e. The Labute approximate surface area is 146 Å². The van der Waals surface area contributed by atoms with Gasteiger partial charge in [0.1, 0.15) is 5.75 Å². The monoisotopic (exact) mass is 400 g/mol. The fourth-order valence-electron chi connectivity index (χ4n) is 1.50. The second-order valence-electron chi connectivity index (χ2n) is 4.21. The van der Waals surface area contributed by atoms with Gasteiger partial charge >= 0.3 is 0 Å². The molecule has 2 aromatic carbocycles. The molecule has 0 heterocycles. The molecule has 114 valence electrons. The summed E-state index contributed by atoms with van der Waals surface area (Å²) in [5, 5.41) is 4.69. The van der Waals surface area contributed by atoms with E-state index in [-0.39, 0.29) is 12.5 Å². The molecule has 0 saturated carbocycles.